The average molecular weight is 317 g/mol. The maximum absolute atomic E-state index is 13.8. The Morgan fingerprint density at radius 2 is 2.04 bits per heavy atom. The Labute approximate surface area is 132 Å². The van der Waals surface area contributed by atoms with Crippen LogP contribution in [0.2, 0.25) is 0 Å². The fourth-order valence-corrected chi connectivity index (χ4v) is 3.84. The van der Waals surface area contributed by atoms with Crippen LogP contribution in [0.5, 0.6) is 0 Å². The van der Waals surface area contributed by atoms with Crippen molar-refractivity contribution in [1.82, 2.24) is 19.7 Å². The lowest BCUT2D eigenvalue weighted by Crippen LogP contribution is -2.73. The van der Waals surface area contributed by atoms with Crippen LogP contribution in [-0.4, -0.2) is 43.0 Å². The zero-order valence-corrected chi connectivity index (χ0v) is 13.1. The second kappa shape index (κ2) is 3.92. The molecule has 0 unspecified atom stereocenters. The predicted molar refractivity (Wildman–Crippen MR) is 85.0 cm³/mol. The van der Waals surface area contributed by atoms with Crippen molar-refractivity contribution >= 4 is 22.8 Å². The highest BCUT2D eigenvalue weighted by atomic mass is 19.1. The smallest absolute Gasteiger partial charge is 0.226 e. The number of rotatable bonds is 5. The van der Waals surface area contributed by atoms with Gasteiger partial charge >= 0.3 is 0 Å². The van der Waals surface area contributed by atoms with Crippen LogP contribution in [0.3, 0.4) is 0 Å². The molecule has 8 heteroatoms. The van der Waals surface area contributed by atoms with Gasteiger partial charge in [-0.3, -0.25) is 4.68 Å². The van der Waals surface area contributed by atoms with Gasteiger partial charge in [0.2, 0.25) is 5.95 Å². The zero-order chi connectivity index (χ0) is 15.9. The van der Waals surface area contributed by atoms with Gasteiger partial charge in [0.15, 0.2) is 5.65 Å². The van der Waals surface area contributed by atoms with Gasteiger partial charge in [0.25, 0.3) is 0 Å². The van der Waals surface area contributed by atoms with E-state index in [0.717, 1.165) is 29.7 Å². The van der Waals surface area contributed by atoms with Gasteiger partial charge in [-0.2, -0.15) is 15.1 Å². The van der Waals surface area contributed by atoms with Gasteiger partial charge in [-0.05, 0) is 12.8 Å². The van der Waals surface area contributed by atoms with Gasteiger partial charge in [0.1, 0.15) is 11.5 Å². The molecule has 0 aliphatic heterocycles. The number of nitrogens with two attached hydrogens (primary N) is 1. The Hall–Kier alpha value is -1.96. The van der Waals surface area contributed by atoms with E-state index >= 15 is 0 Å². The number of hydrogen-bond donors (Lipinski definition) is 3. The van der Waals surface area contributed by atoms with Crippen molar-refractivity contribution in [3.63, 3.8) is 0 Å². The number of anilines is 2. The number of aryl methyl sites for hydroxylation is 1. The average Bonchev–Trinajstić information content (AvgIpc) is 3.07. The first kappa shape index (κ1) is 13.5. The largest absolute Gasteiger partial charge is 0.363 e. The number of nitrogens with one attached hydrogen (secondary N) is 2. The van der Waals surface area contributed by atoms with E-state index in [4.69, 9.17) is 5.73 Å². The number of halogens is 1. The molecule has 0 aromatic carbocycles. The normalized spacial score (nSPS) is 33.0. The van der Waals surface area contributed by atoms with E-state index in [-0.39, 0.29) is 11.1 Å². The molecular weight excluding hydrogens is 297 g/mol. The summed E-state index contributed by atoms with van der Waals surface area (Å²) in [6.45, 7) is 0.661. The molecule has 4 aliphatic carbocycles. The highest BCUT2D eigenvalue weighted by Gasteiger charge is 2.69. The fourth-order valence-electron chi connectivity index (χ4n) is 3.84. The first-order valence-electron chi connectivity index (χ1n) is 8.08. The van der Waals surface area contributed by atoms with E-state index in [0.29, 0.717) is 31.8 Å². The van der Waals surface area contributed by atoms with Crippen LogP contribution >= 0.6 is 0 Å². The Bertz CT molecular complexity index is 790. The number of nitrogens with zero attached hydrogens (tertiary/aromatic N) is 4. The molecule has 4 aliphatic rings. The minimum atomic E-state index is -0.937. The Kier molecular flexibility index (Phi) is 2.30. The van der Waals surface area contributed by atoms with E-state index in [2.05, 4.69) is 25.7 Å². The van der Waals surface area contributed by atoms with E-state index in [1.165, 1.54) is 0 Å². The molecule has 4 saturated carbocycles. The first-order chi connectivity index (χ1) is 10.9. The molecule has 4 N–H and O–H groups in total. The molecule has 0 atom stereocenters. The van der Waals surface area contributed by atoms with Crippen LogP contribution in [0.25, 0.3) is 11.0 Å². The first-order valence-corrected chi connectivity index (χ1v) is 8.08. The number of alkyl halides is 1. The molecule has 0 radical (unpaired) electrons. The van der Waals surface area contributed by atoms with Crippen LogP contribution in [0.15, 0.2) is 6.20 Å². The summed E-state index contributed by atoms with van der Waals surface area (Å²) in [5.74, 6) is 1.27. The van der Waals surface area contributed by atoms with Crippen molar-refractivity contribution in [2.24, 2.45) is 12.8 Å². The molecule has 0 amide bonds. The van der Waals surface area contributed by atoms with Crippen molar-refractivity contribution in [2.45, 2.75) is 48.9 Å². The van der Waals surface area contributed by atoms with Crippen molar-refractivity contribution in [1.29, 1.82) is 0 Å². The molecule has 122 valence electrons. The molecule has 2 aromatic heterocycles. The van der Waals surface area contributed by atoms with Gasteiger partial charge < -0.3 is 16.4 Å². The lowest BCUT2D eigenvalue weighted by molar-refractivity contribution is -0.136. The van der Waals surface area contributed by atoms with Crippen molar-refractivity contribution in [3.8, 4) is 0 Å². The standard InChI is InChI=1S/C15H20FN7/c1-23-11-9(4-19-23)10(22-15-5-13(16,6-15)7-15)20-12(21-11)18-8-14(17)2-3-14/h4H,2-3,5-8,17H2,1H3,(H2,18,20,21,22). The highest BCUT2D eigenvalue weighted by molar-refractivity contribution is 5.88. The summed E-state index contributed by atoms with van der Waals surface area (Å²) < 4.78 is 15.5. The summed E-state index contributed by atoms with van der Waals surface area (Å²) in [6.07, 6.45) is 5.52. The minimum absolute atomic E-state index is 0.118. The third-order valence-corrected chi connectivity index (χ3v) is 5.43. The van der Waals surface area contributed by atoms with Crippen LogP contribution in [0.4, 0.5) is 16.2 Å². The molecule has 0 saturated heterocycles. The fraction of sp³-hybridized carbons (Fsp3) is 0.667. The van der Waals surface area contributed by atoms with Gasteiger partial charge in [0, 0.05) is 43.9 Å². The summed E-state index contributed by atoms with van der Waals surface area (Å²) in [5, 5.41) is 11.8. The monoisotopic (exact) mass is 317 g/mol. The van der Waals surface area contributed by atoms with Gasteiger partial charge in [0.05, 0.1) is 11.6 Å². The van der Waals surface area contributed by atoms with Crippen LogP contribution in [0.1, 0.15) is 32.1 Å². The zero-order valence-electron chi connectivity index (χ0n) is 13.1. The molecule has 7 nitrogen and oxygen atoms in total. The lowest BCUT2D eigenvalue weighted by atomic mass is 9.47. The predicted octanol–water partition coefficient (Wildman–Crippen LogP) is 1.32. The molecule has 6 rings (SSSR count). The van der Waals surface area contributed by atoms with Crippen LogP contribution < -0.4 is 16.4 Å². The van der Waals surface area contributed by atoms with E-state index in [9.17, 15) is 4.39 Å². The summed E-state index contributed by atoms with van der Waals surface area (Å²) in [6, 6.07) is 0. The quantitative estimate of drug-likeness (QED) is 0.770. The van der Waals surface area contributed by atoms with Gasteiger partial charge in [-0.15, -0.1) is 0 Å². The summed E-state index contributed by atoms with van der Waals surface area (Å²) in [4.78, 5) is 9.13. The lowest BCUT2D eigenvalue weighted by Gasteiger charge is -2.65. The van der Waals surface area contributed by atoms with E-state index in [1.54, 1.807) is 10.9 Å². The SMILES string of the molecule is Cn1ncc2c(NC34CC(F)(C3)C4)nc(NCC3(N)CC3)nc21. The Morgan fingerprint density at radius 1 is 1.30 bits per heavy atom. The molecule has 4 fully saturated rings. The van der Waals surface area contributed by atoms with Crippen LogP contribution in [0, 0.1) is 0 Å². The second-order valence-electron chi connectivity index (χ2n) is 7.70. The summed E-state index contributed by atoms with van der Waals surface area (Å²) in [5.41, 5.74) is 5.69. The second-order valence-corrected chi connectivity index (χ2v) is 7.70. The topological polar surface area (TPSA) is 93.7 Å². The van der Waals surface area contributed by atoms with Gasteiger partial charge in [-0.25, -0.2) is 4.39 Å². The minimum Gasteiger partial charge on any atom is -0.363 e. The number of fused-ring (bicyclic) bond motifs is 1. The summed E-state index contributed by atoms with van der Waals surface area (Å²) in [7, 11) is 1.85. The van der Waals surface area contributed by atoms with Gasteiger partial charge in [-0.1, -0.05) is 0 Å². The van der Waals surface area contributed by atoms with Crippen molar-refractivity contribution in [3.05, 3.63) is 6.20 Å². The molecule has 23 heavy (non-hydrogen) atoms. The van der Waals surface area contributed by atoms with E-state index < -0.39 is 5.67 Å². The maximum Gasteiger partial charge on any atom is 0.226 e. The van der Waals surface area contributed by atoms with Crippen molar-refractivity contribution in [2.75, 3.05) is 17.2 Å². The Balaban J connectivity index is 1.46. The third-order valence-electron chi connectivity index (χ3n) is 5.43. The molecule has 2 bridgehead atoms. The third kappa shape index (κ3) is 2.00. The number of aromatic nitrogens is 4. The Morgan fingerprint density at radius 3 is 2.70 bits per heavy atom. The molecule has 2 aromatic rings. The highest BCUT2D eigenvalue weighted by Crippen LogP contribution is 2.64. The maximum atomic E-state index is 13.8. The molecular formula is C15H20FN7. The van der Waals surface area contributed by atoms with Crippen molar-refractivity contribution < 1.29 is 4.39 Å². The number of hydrogen-bond acceptors (Lipinski definition) is 6. The van der Waals surface area contributed by atoms with E-state index in [1.807, 2.05) is 7.05 Å². The summed E-state index contributed by atoms with van der Waals surface area (Å²) >= 11 is 0. The van der Waals surface area contributed by atoms with Crippen LogP contribution in [-0.2, 0) is 7.05 Å². The molecule has 0 spiro atoms. The molecule has 2 heterocycles.